The Bertz CT molecular complexity index is 293. The molecule has 0 fully saturated rings. The molecular weight excluding hydrogens is 240 g/mol. The summed E-state index contributed by atoms with van der Waals surface area (Å²) >= 11 is 1.76. The number of hydrogen-bond acceptors (Lipinski definition) is 2. The summed E-state index contributed by atoms with van der Waals surface area (Å²) in [7, 11) is 0. The second-order valence-electron chi connectivity index (χ2n) is 5.02. The molecule has 0 bridgehead atoms. The summed E-state index contributed by atoms with van der Waals surface area (Å²) < 4.78 is 5.75. The van der Waals surface area contributed by atoms with Crippen molar-refractivity contribution >= 4 is 11.3 Å². The summed E-state index contributed by atoms with van der Waals surface area (Å²) in [5.74, 6) is 1.08. The molecule has 18 heavy (non-hydrogen) atoms. The molecule has 0 aliphatic heterocycles. The van der Waals surface area contributed by atoms with E-state index in [0.717, 1.165) is 12.4 Å². The number of rotatable bonds is 11. The van der Waals surface area contributed by atoms with Crippen LogP contribution in [0.25, 0.3) is 0 Å². The van der Waals surface area contributed by atoms with Gasteiger partial charge in [0, 0.05) is 4.88 Å². The third kappa shape index (κ3) is 7.05. The number of ether oxygens (including phenoxy) is 1. The molecule has 0 saturated heterocycles. The lowest BCUT2D eigenvalue weighted by atomic mass is 10.1. The van der Waals surface area contributed by atoms with Crippen molar-refractivity contribution in [3.63, 3.8) is 0 Å². The van der Waals surface area contributed by atoms with E-state index in [9.17, 15) is 0 Å². The Morgan fingerprint density at radius 2 is 1.56 bits per heavy atom. The molecule has 0 radical (unpaired) electrons. The zero-order chi connectivity index (χ0) is 13.1. The van der Waals surface area contributed by atoms with Gasteiger partial charge in [-0.2, -0.15) is 0 Å². The fraction of sp³-hybridized carbons (Fsp3) is 0.750. The van der Waals surface area contributed by atoms with Gasteiger partial charge >= 0.3 is 0 Å². The number of aryl methyl sites for hydroxylation is 1. The molecule has 0 N–H and O–H groups in total. The maximum absolute atomic E-state index is 5.75. The van der Waals surface area contributed by atoms with Gasteiger partial charge in [0.25, 0.3) is 0 Å². The van der Waals surface area contributed by atoms with Gasteiger partial charge < -0.3 is 4.74 Å². The van der Waals surface area contributed by atoms with E-state index in [2.05, 4.69) is 25.3 Å². The lowest BCUT2D eigenvalue weighted by Crippen LogP contribution is -1.97. The van der Waals surface area contributed by atoms with Crippen molar-refractivity contribution < 1.29 is 4.74 Å². The molecule has 1 nitrogen and oxygen atoms in total. The highest BCUT2D eigenvalue weighted by atomic mass is 32.1. The minimum atomic E-state index is 0.882. The van der Waals surface area contributed by atoms with Crippen LogP contribution in [0, 0.1) is 6.92 Å². The van der Waals surface area contributed by atoms with Gasteiger partial charge in [-0.15, -0.1) is 11.3 Å². The van der Waals surface area contributed by atoms with Crippen LogP contribution in [-0.4, -0.2) is 6.61 Å². The summed E-state index contributed by atoms with van der Waals surface area (Å²) in [6.07, 6.45) is 12.3. The smallest absolute Gasteiger partial charge is 0.132 e. The molecule has 1 aromatic rings. The summed E-state index contributed by atoms with van der Waals surface area (Å²) in [6, 6.07) is 2.08. The van der Waals surface area contributed by atoms with Crippen LogP contribution in [0.2, 0.25) is 0 Å². The van der Waals surface area contributed by atoms with E-state index in [1.807, 2.05) is 0 Å². The Kier molecular flexibility index (Phi) is 9.01. The molecule has 0 unspecified atom stereocenters. The monoisotopic (exact) mass is 268 g/mol. The first kappa shape index (κ1) is 15.6. The third-order valence-electron chi connectivity index (χ3n) is 3.32. The first-order chi connectivity index (χ1) is 8.84. The zero-order valence-electron chi connectivity index (χ0n) is 12.0. The standard InChI is InChI=1S/C16H28OS/c1-3-4-5-6-7-8-9-10-11-13-17-16-12-14-18-15(16)2/h12,14H,3-11,13H2,1-2H3. The summed E-state index contributed by atoms with van der Waals surface area (Å²) in [5.41, 5.74) is 0. The Morgan fingerprint density at radius 1 is 0.944 bits per heavy atom. The normalized spacial score (nSPS) is 10.8. The van der Waals surface area contributed by atoms with Crippen LogP contribution in [0.3, 0.4) is 0 Å². The molecule has 0 aliphatic carbocycles. The van der Waals surface area contributed by atoms with Gasteiger partial charge in [-0.25, -0.2) is 0 Å². The molecular formula is C16H28OS. The van der Waals surface area contributed by atoms with E-state index in [1.54, 1.807) is 11.3 Å². The van der Waals surface area contributed by atoms with Crippen LogP contribution in [0.1, 0.15) is 69.6 Å². The molecule has 2 heteroatoms. The van der Waals surface area contributed by atoms with Crippen molar-refractivity contribution in [1.29, 1.82) is 0 Å². The Balaban J connectivity index is 1.83. The molecule has 1 aromatic heterocycles. The Labute approximate surface area is 117 Å². The first-order valence-electron chi connectivity index (χ1n) is 7.51. The summed E-state index contributed by atoms with van der Waals surface area (Å²) in [6.45, 7) is 5.28. The molecule has 0 atom stereocenters. The van der Waals surface area contributed by atoms with E-state index < -0.39 is 0 Å². The first-order valence-corrected chi connectivity index (χ1v) is 8.39. The maximum Gasteiger partial charge on any atom is 0.132 e. The molecule has 0 amide bonds. The van der Waals surface area contributed by atoms with Crippen molar-refractivity contribution in [2.45, 2.75) is 71.6 Å². The van der Waals surface area contributed by atoms with Crippen LogP contribution >= 0.6 is 11.3 Å². The topological polar surface area (TPSA) is 9.23 Å². The molecule has 0 aromatic carbocycles. The number of unbranched alkanes of at least 4 members (excludes halogenated alkanes) is 8. The summed E-state index contributed by atoms with van der Waals surface area (Å²) in [4.78, 5) is 1.30. The minimum absolute atomic E-state index is 0.882. The summed E-state index contributed by atoms with van der Waals surface area (Å²) in [5, 5.41) is 2.10. The van der Waals surface area contributed by atoms with Gasteiger partial charge in [0.2, 0.25) is 0 Å². The quantitative estimate of drug-likeness (QED) is 0.449. The second kappa shape index (κ2) is 10.4. The second-order valence-corrected chi connectivity index (χ2v) is 6.14. The molecule has 104 valence electrons. The predicted octanol–water partition coefficient (Wildman–Crippen LogP) is 5.97. The van der Waals surface area contributed by atoms with Gasteiger partial charge in [0.15, 0.2) is 0 Å². The average Bonchev–Trinajstić information content (AvgIpc) is 2.77. The molecule has 1 heterocycles. The van der Waals surface area contributed by atoms with Crippen LogP contribution < -0.4 is 4.74 Å². The van der Waals surface area contributed by atoms with Crippen LogP contribution in [0.4, 0.5) is 0 Å². The van der Waals surface area contributed by atoms with E-state index in [-0.39, 0.29) is 0 Å². The van der Waals surface area contributed by atoms with E-state index >= 15 is 0 Å². The van der Waals surface area contributed by atoms with Crippen molar-refractivity contribution in [2.75, 3.05) is 6.61 Å². The van der Waals surface area contributed by atoms with Crippen LogP contribution in [0.15, 0.2) is 11.4 Å². The molecule has 0 saturated carbocycles. The third-order valence-corrected chi connectivity index (χ3v) is 4.14. The Morgan fingerprint density at radius 3 is 2.11 bits per heavy atom. The van der Waals surface area contributed by atoms with Crippen LogP contribution in [-0.2, 0) is 0 Å². The SMILES string of the molecule is CCCCCCCCCCCOc1ccsc1C. The molecule has 1 rings (SSSR count). The predicted molar refractivity (Wildman–Crippen MR) is 81.8 cm³/mol. The van der Waals surface area contributed by atoms with Gasteiger partial charge in [0.1, 0.15) is 5.75 Å². The van der Waals surface area contributed by atoms with E-state index in [1.165, 1.54) is 62.7 Å². The fourth-order valence-electron chi connectivity index (χ4n) is 2.12. The zero-order valence-corrected chi connectivity index (χ0v) is 12.9. The van der Waals surface area contributed by atoms with Crippen molar-refractivity contribution in [2.24, 2.45) is 0 Å². The highest BCUT2D eigenvalue weighted by Gasteiger charge is 1.99. The maximum atomic E-state index is 5.75. The van der Waals surface area contributed by atoms with Gasteiger partial charge in [-0.1, -0.05) is 58.3 Å². The van der Waals surface area contributed by atoms with Crippen LogP contribution in [0.5, 0.6) is 5.75 Å². The molecule has 0 aliphatic rings. The highest BCUT2D eigenvalue weighted by Crippen LogP contribution is 2.23. The largest absolute Gasteiger partial charge is 0.492 e. The fourth-order valence-corrected chi connectivity index (χ4v) is 2.76. The Hall–Kier alpha value is -0.500. The molecule has 0 spiro atoms. The van der Waals surface area contributed by atoms with Gasteiger partial charge in [-0.05, 0) is 24.8 Å². The lowest BCUT2D eigenvalue weighted by Gasteiger charge is -2.05. The van der Waals surface area contributed by atoms with E-state index in [4.69, 9.17) is 4.74 Å². The lowest BCUT2D eigenvalue weighted by molar-refractivity contribution is 0.304. The van der Waals surface area contributed by atoms with Crippen molar-refractivity contribution in [3.05, 3.63) is 16.3 Å². The number of thiophene rings is 1. The van der Waals surface area contributed by atoms with Crippen molar-refractivity contribution in [1.82, 2.24) is 0 Å². The average molecular weight is 268 g/mol. The van der Waals surface area contributed by atoms with E-state index in [0.29, 0.717) is 0 Å². The van der Waals surface area contributed by atoms with Gasteiger partial charge in [0.05, 0.1) is 6.61 Å². The van der Waals surface area contributed by atoms with Crippen molar-refractivity contribution in [3.8, 4) is 5.75 Å². The highest BCUT2D eigenvalue weighted by molar-refractivity contribution is 7.10. The number of hydrogen-bond donors (Lipinski definition) is 0. The minimum Gasteiger partial charge on any atom is -0.492 e. The van der Waals surface area contributed by atoms with Gasteiger partial charge in [-0.3, -0.25) is 0 Å².